The normalized spacial score (nSPS) is 14.1. The van der Waals surface area contributed by atoms with E-state index in [1.54, 1.807) is 0 Å². The average molecular weight is 468 g/mol. The number of carbonyl (C=O) groups is 3. The van der Waals surface area contributed by atoms with Gasteiger partial charge in [-0.15, -0.1) is 0 Å². The van der Waals surface area contributed by atoms with Crippen LogP contribution in [0.4, 0.5) is 4.79 Å². The van der Waals surface area contributed by atoms with Gasteiger partial charge in [-0.05, 0) is 55.7 Å². The van der Waals surface area contributed by atoms with Gasteiger partial charge in [0.05, 0.1) is 0 Å². The van der Waals surface area contributed by atoms with Gasteiger partial charge in [-0.1, -0.05) is 61.9 Å². The van der Waals surface area contributed by atoms with Crippen LogP contribution in [0.1, 0.15) is 43.2 Å². The quantitative estimate of drug-likeness (QED) is 0.468. The molecule has 0 bridgehead atoms. The second kappa shape index (κ2) is 11.7. The standard InChI is InChI=1S/C26H33N3O5/c1-4-9-23(25(31)32)27-24(30)22(14-15-29(2)3)28-26(33)34-16-21-19-12-7-5-10-17(19)18-11-6-8-13-20(18)21/h5-8,10-13,21-23H,4,9,14-16H2,1-3H3,(H,27,30)(H,28,33)(H,31,32)/t22?,23-/m0/s1. The van der Waals surface area contributed by atoms with E-state index in [0.29, 0.717) is 25.8 Å². The van der Waals surface area contributed by atoms with Gasteiger partial charge in [0.1, 0.15) is 18.7 Å². The molecule has 0 radical (unpaired) electrons. The summed E-state index contributed by atoms with van der Waals surface area (Å²) in [5.41, 5.74) is 4.46. The van der Waals surface area contributed by atoms with Crippen molar-refractivity contribution in [2.75, 3.05) is 27.2 Å². The van der Waals surface area contributed by atoms with Crippen molar-refractivity contribution in [3.8, 4) is 11.1 Å². The van der Waals surface area contributed by atoms with Crippen molar-refractivity contribution in [2.45, 2.75) is 44.2 Å². The Hall–Kier alpha value is -3.39. The number of nitrogens with zero attached hydrogens (tertiary/aromatic N) is 1. The largest absolute Gasteiger partial charge is 0.480 e. The molecule has 8 nitrogen and oxygen atoms in total. The molecule has 34 heavy (non-hydrogen) atoms. The van der Waals surface area contributed by atoms with E-state index in [-0.39, 0.29) is 12.5 Å². The van der Waals surface area contributed by atoms with Gasteiger partial charge in [-0.25, -0.2) is 9.59 Å². The predicted octanol–water partition coefficient (Wildman–Crippen LogP) is 3.21. The fraction of sp³-hybridized carbons (Fsp3) is 0.423. The van der Waals surface area contributed by atoms with Crippen LogP contribution in [-0.2, 0) is 14.3 Å². The summed E-state index contributed by atoms with van der Waals surface area (Å²) in [6.07, 6.45) is 0.538. The Labute approximate surface area is 200 Å². The summed E-state index contributed by atoms with van der Waals surface area (Å²) in [4.78, 5) is 38.8. The summed E-state index contributed by atoms with van der Waals surface area (Å²) in [5.74, 6) is -1.72. The Morgan fingerprint density at radius 3 is 2.06 bits per heavy atom. The Bertz CT molecular complexity index is 978. The van der Waals surface area contributed by atoms with Crippen LogP contribution in [-0.4, -0.2) is 67.3 Å². The molecule has 0 saturated heterocycles. The molecular weight excluding hydrogens is 434 g/mol. The molecule has 2 amide bonds. The number of benzene rings is 2. The van der Waals surface area contributed by atoms with Crippen molar-refractivity contribution >= 4 is 18.0 Å². The lowest BCUT2D eigenvalue weighted by Crippen LogP contribution is -2.52. The van der Waals surface area contributed by atoms with E-state index in [4.69, 9.17) is 4.74 Å². The second-order valence-electron chi connectivity index (χ2n) is 8.80. The molecule has 0 saturated carbocycles. The minimum absolute atomic E-state index is 0.0897. The molecule has 0 heterocycles. The molecule has 2 aromatic carbocycles. The molecule has 1 unspecified atom stereocenters. The third-order valence-corrected chi connectivity index (χ3v) is 6.01. The van der Waals surface area contributed by atoms with Gasteiger partial charge in [0.25, 0.3) is 0 Å². The number of carboxylic acids is 1. The van der Waals surface area contributed by atoms with Crippen LogP contribution < -0.4 is 10.6 Å². The first-order chi connectivity index (χ1) is 16.3. The average Bonchev–Trinajstić information content (AvgIpc) is 3.13. The minimum atomic E-state index is -1.09. The van der Waals surface area contributed by atoms with Crippen LogP contribution in [0, 0.1) is 0 Å². The lowest BCUT2D eigenvalue weighted by molar-refractivity contribution is -0.142. The molecule has 2 atom stereocenters. The monoisotopic (exact) mass is 467 g/mol. The highest BCUT2D eigenvalue weighted by Crippen LogP contribution is 2.44. The van der Waals surface area contributed by atoms with Crippen molar-refractivity contribution in [3.05, 3.63) is 59.7 Å². The van der Waals surface area contributed by atoms with E-state index in [2.05, 4.69) is 22.8 Å². The molecule has 1 aliphatic rings. The van der Waals surface area contributed by atoms with Gasteiger partial charge in [0, 0.05) is 5.92 Å². The highest BCUT2D eigenvalue weighted by Gasteiger charge is 2.30. The molecule has 182 valence electrons. The predicted molar refractivity (Wildman–Crippen MR) is 130 cm³/mol. The molecule has 0 aliphatic heterocycles. The number of hydrogen-bond acceptors (Lipinski definition) is 5. The maximum absolute atomic E-state index is 12.8. The molecule has 1 aliphatic carbocycles. The molecule has 0 aromatic heterocycles. The van der Waals surface area contributed by atoms with E-state index in [1.165, 1.54) is 0 Å². The lowest BCUT2D eigenvalue weighted by Gasteiger charge is -2.23. The molecule has 0 spiro atoms. The number of nitrogens with one attached hydrogen (secondary N) is 2. The van der Waals surface area contributed by atoms with E-state index in [1.807, 2.05) is 62.3 Å². The fourth-order valence-corrected chi connectivity index (χ4v) is 4.26. The summed E-state index contributed by atoms with van der Waals surface area (Å²) < 4.78 is 5.57. The van der Waals surface area contributed by atoms with E-state index >= 15 is 0 Å². The number of rotatable bonds is 11. The zero-order valence-corrected chi connectivity index (χ0v) is 19.9. The number of carbonyl (C=O) groups excluding carboxylic acids is 2. The number of hydrogen-bond donors (Lipinski definition) is 3. The minimum Gasteiger partial charge on any atom is -0.480 e. The number of amides is 2. The number of aliphatic carboxylic acids is 1. The third kappa shape index (κ3) is 6.14. The lowest BCUT2D eigenvalue weighted by atomic mass is 9.98. The van der Waals surface area contributed by atoms with E-state index in [0.717, 1.165) is 22.3 Å². The maximum Gasteiger partial charge on any atom is 0.407 e. The van der Waals surface area contributed by atoms with E-state index < -0.39 is 30.1 Å². The van der Waals surface area contributed by atoms with Gasteiger partial charge in [-0.3, -0.25) is 4.79 Å². The smallest absolute Gasteiger partial charge is 0.407 e. The Kier molecular flexibility index (Phi) is 8.65. The number of carboxylic acid groups (broad SMARTS) is 1. The van der Waals surface area contributed by atoms with Crippen LogP contribution in [0.5, 0.6) is 0 Å². The van der Waals surface area contributed by atoms with Crippen LogP contribution in [0.2, 0.25) is 0 Å². The highest BCUT2D eigenvalue weighted by molar-refractivity contribution is 5.89. The van der Waals surface area contributed by atoms with Gasteiger partial charge in [0.2, 0.25) is 5.91 Å². The summed E-state index contributed by atoms with van der Waals surface area (Å²) in [5, 5.41) is 14.5. The first kappa shape index (κ1) is 25.2. The molecule has 3 rings (SSSR count). The third-order valence-electron chi connectivity index (χ3n) is 6.01. The summed E-state index contributed by atoms with van der Waals surface area (Å²) in [7, 11) is 3.72. The number of alkyl carbamates (subject to hydrolysis) is 1. The first-order valence-corrected chi connectivity index (χ1v) is 11.6. The molecule has 3 N–H and O–H groups in total. The maximum atomic E-state index is 12.8. The summed E-state index contributed by atoms with van der Waals surface area (Å²) in [6, 6.07) is 14.2. The van der Waals surface area contributed by atoms with Crippen LogP contribution in [0.15, 0.2) is 48.5 Å². The van der Waals surface area contributed by atoms with Gasteiger partial charge in [-0.2, -0.15) is 0 Å². The van der Waals surface area contributed by atoms with Gasteiger partial charge >= 0.3 is 12.1 Å². The second-order valence-corrected chi connectivity index (χ2v) is 8.80. The molecule has 2 aromatic rings. The van der Waals surface area contributed by atoms with Crippen LogP contribution in [0.25, 0.3) is 11.1 Å². The topological polar surface area (TPSA) is 108 Å². The van der Waals surface area contributed by atoms with Crippen molar-refractivity contribution in [1.82, 2.24) is 15.5 Å². The van der Waals surface area contributed by atoms with E-state index in [9.17, 15) is 19.5 Å². The van der Waals surface area contributed by atoms with Crippen molar-refractivity contribution in [3.63, 3.8) is 0 Å². The van der Waals surface area contributed by atoms with Crippen LogP contribution >= 0.6 is 0 Å². The Morgan fingerprint density at radius 2 is 1.53 bits per heavy atom. The summed E-state index contributed by atoms with van der Waals surface area (Å²) in [6.45, 7) is 2.52. The molecule has 8 heteroatoms. The van der Waals surface area contributed by atoms with Crippen molar-refractivity contribution in [1.29, 1.82) is 0 Å². The number of ether oxygens (including phenoxy) is 1. The SMILES string of the molecule is CCC[C@H](NC(=O)C(CCN(C)C)NC(=O)OCC1c2ccccc2-c2ccccc21)C(=O)O. The Balaban J connectivity index is 1.66. The molecular formula is C26H33N3O5. The zero-order chi connectivity index (χ0) is 24.7. The van der Waals surface area contributed by atoms with Crippen LogP contribution in [0.3, 0.4) is 0 Å². The van der Waals surface area contributed by atoms with Crippen molar-refractivity contribution < 1.29 is 24.2 Å². The summed E-state index contributed by atoms with van der Waals surface area (Å²) >= 11 is 0. The van der Waals surface area contributed by atoms with Gasteiger partial charge in [0.15, 0.2) is 0 Å². The highest BCUT2D eigenvalue weighted by atomic mass is 16.5. The Morgan fingerprint density at radius 1 is 0.941 bits per heavy atom. The zero-order valence-electron chi connectivity index (χ0n) is 19.9. The molecule has 0 fully saturated rings. The van der Waals surface area contributed by atoms with Gasteiger partial charge < -0.3 is 25.4 Å². The first-order valence-electron chi connectivity index (χ1n) is 11.6. The number of fused-ring (bicyclic) bond motifs is 3. The van der Waals surface area contributed by atoms with Crippen molar-refractivity contribution in [2.24, 2.45) is 0 Å². The fourth-order valence-electron chi connectivity index (χ4n) is 4.26.